The fraction of sp³-hybridized carbons (Fsp3) is 0.269. The van der Waals surface area contributed by atoms with E-state index in [1.165, 1.54) is 71.1 Å². The van der Waals surface area contributed by atoms with Crippen LogP contribution in [0.1, 0.15) is 30.0 Å². The molecule has 3 N–H and O–H groups in total. The molecule has 0 bridgehead atoms. The highest BCUT2D eigenvalue weighted by Crippen LogP contribution is 2.34. The molecule has 1 saturated carbocycles. The van der Waals surface area contributed by atoms with E-state index >= 15 is 0 Å². The van der Waals surface area contributed by atoms with Crippen LogP contribution < -0.4 is 31.6 Å². The highest BCUT2D eigenvalue weighted by molar-refractivity contribution is 7.90. The molecular weight excluding hydrogens is 527 g/mol. The zero-order chi connectivity index (χ0) is 28.2. The third kappa shape index (κ3) is 4.63. The van der Waals surface area contributed by atoms with Crippen LogP contribution in [0.15, 0.2) is 56.8 Å². The molecule has 2 heterocycles. The molecule has 0 amide bonds. The molecule has 0 radical (unpaired) electrons. The Hall–Kier alpha value is -4.23. The monoisotopic (exact) mass is 554 g/mol. The number of anilines is 3. The van der Waals surface area contributed by atoms with E-state index in [1.54, 1.807) is 13.0 Å². The van der Waals surface area contributed by atoms with Gasteiger partial charge in [0.05, 0.1) is 16.9 Å². The van der Waals surface area contributed by atoms with Gasteiger partial charge in [-0.1, -0.05) is 6.07 Å². The van der Waals surface area contributed by atoms with Crippen molar-refractivity contribution in [3.8, 4) is 5.69 Å². The predicted octanol–water partition coefficient (Wildman–Crippen LogP) is 2.56. The van der Waals surface area contributed by atoms with Crippen molar-refractivity contribution in [3.05, 3.63) is 90.6 Å². The van der Waals surface area contributed by atoms with Crippen molar-refractivity contribution in [2.24, 2.45) is 7.05 Å². The first-order valence-electron chi connectivity index (χ1n) is 12.2. The number of halogens is 1. The van der Waals surface area contributed by atoms with Gasteiger partial charge in [-0.25, -0.2) is 13.9 Å². The van der Waals surface area contributed by atoms with Gasteiger partial charge in [0.25, 0.3) is 21.3 Å². The zero-order valence-corrected chi connectivity index (χ0v) is 22.5. The molecule has 1 aliphatic carbocycles. The van der Waals surface area contributed by atoms with Crippen molar-refractivity contribution in [3.63, 3.8) is 0 Å². The summed E-state index contributed by atoms with van der Waals surface area (Å²) >= 11 is 0. The van der Waals surface area contributed by atoms with Gasteiger partial charge in [-0.05, 0) is 68.7 Å². The fourth-order valence-corrected chi connectivity index (χ4v) is 5.14. The van der Waals surface area contributed by atoms with Crippen LogP contribution >= 0.6 is 0 Å². The number of nitrogens with one attached hydrogen (secondary N) is 3. The van der Waals surface area contributed by atoms with Gasteiger partial charge in [-0.3, -0.25) is 28.0 Å². The quantitative estimate of drug-likeness (QED) is 0.321. The maximum absolute atomic E-state index is 14.8. The molecule has 0 saturated heterocycles. The Bertz CT molecular complexity index is 1920. The second-order valence-electron chi connectivity index (χ2n) is 9.55. The van der Waals surface area contributed by atoms with Crippen LogP contribution in [0.2, 0.25) is 0 Å². The highest BCUT2D eigenvalue weighted by atomic mass is 32.2. The number of aromatic nitrogens is 3. The Labute approximate surface area is 222 Å². The standard InChI is InChI=1S/C26H27FN6O5S/c1-14-5-12-20(19(27)13-14)29-23-21-22(15(2)24(34)31(23)4)32(26(36)33(25(21)35)18-10-11-18)17-8-6-16(7-9-17)30-39(37,38)28-3/h5-9,12-13,18,28-30H,10-11H2,1-4H3. The summed E-state index contributed by atoms with van der Waals surface area (Å²) in [5, 5.41) is 2.98. The van der Waals surface area contributed by atoms with E-state index in [1.807, 2.05) is 0 Å². The van der Waals surface area contributed by atoms with Crippen LogP contribution in [0.3, 0.4) is 0 Å². The third-order valence-electron chi connectivity index (χ3n) is 6.78. The van der Waals surface area contributed by atoms with Gasteiger partial charge in [0.2, 0.25) is 0 Å². The Morgan fingerprint density at radius 2 is 1.64 bits per heavy atom. The van der Waals surface area contributed by atoms with Gasteiger partial charge in [0.15, 0.2) is 0 Å². The average Bonchev–Trinajstić information content (AvgIpc) is 3.72. The van der Waals surface area contributed by atoms with Gasteiger partial charge in [-0.15, -0.1) is 0 Å². The first kappa shape index (κ1) is 26.4. The molecule has 11 nitrogen and oxygen atoms in total. The second-order valence-corrected chi connectivity index (χ2v) is 11.2. The zero-order valence-electron chi connectivity index (χ0n) is 21.7. The Morgan fingerprint density at radius 3 is 2.23 bits per heavy atom. The first-order chi connectivity index (χ1) is 18.4. The van der Waals surface area contributed by atoms with Crippen molar-refractivity contribution in [2.45, 2.75) is 32.7 Å². The van der Waals surface area contributed by atoms with Gasteiger partial charge >= 0.3 is 5.69 Å². The van der Waals surface area contributed by atoms with E-state index in [2.05, 4.69) is 14.8 Å². The van der Waals surface area contributed by atoms with E-state index in [0.29, 0.717) is 24.1 Å². The van der Waals surface area contributed by atoms with Crippen LogP contribution in [0.25, 0.3) is 16.6 Å². The normalized spacial score (nSPS) is 13.6. The van der Waals surface area contributed by atoms with Crippen molar-refractivity contribution in [1.29, 1.82) is 0 Å². The van der Waals surface area contributed by atoms with Crippen molar-refractivity contribution < 1.29 is 12.8 Å². The van der Waals surface area contributed by atoms with Gasteiger partial charge in [0.1, 0.15) is 17.0 Å². The van der Waals surface area contributed by atoms with Crippen molar-refractivity contribution >= 4 is 38.3 Å². The minimum absolute atomic E-state index is 0.0508. The van der Waals surface area contributed by atoms with E-state index < -0.39 is 32.8 Å². The number of benzene rings is 2. The number of fused-ring (bicyclic) bond motifs is 1. The molecule has 0 unspecified atom stereocenters. The molecule has 0 aliphatic heterocycles. The predicted molar refractivity (Wildman–Crippen MR) is 148 cm³/mol. The maximum atomic E-state index is 14.8. The summed E-state index contributed by atoms with van der Waals surface area (Å²) in [6.07, 6.45) is 1.29. The Morgan fingerprint density at radius 1 is 0.974 bits per heavy atom. The van der Waals surface area contributed by atoms with Crippen LogP contribution in [0.5, 0.6) is 0 Å². The average molecular weight is 555 g/mol. The van der Waals surface area contributed by atoms with Gasteiger partial charge in [-0.2, -0.15) is 8.42 Å². The molecule has 13 heteroatoms. The molecule has 5 rings (SSSR count). The van der Waals surface area contributed by atoms with Crippen LogP contribution in [-0.2, 0) is 17.3 Å². The van der Waals surface area contributed by atoms with Crippen molar-refractivity contribution in [2.75, 3.05) is 17.1 Å². The molecule has 4 aromatic rings. The molecule has 0 atom stereocenters. The molecule has 1 fully saturated rings. The van der Waals surface area contributed by atoms with Gasteiger partial charge < -0.3 is 5.32 Å². The number of pyridine rings is 1. The minimum Gasteiger partial charge on any atom is -0.338 e. The molecule has 204 valence electrons. The smallest absolute Gasteiger partial charge is 0.336 e. The van der Waals surface area contributed by atoms with Crippen molar-refractivity contribution in [1.82, 2.24) is 18.4 Å². The Balaban J connectivity index is 1.82. The van der Waals surface area contributed by atoms with E-state index in [0.717, 1.165) is 0 Å². The molecule has 2 aromatic carbocycles. The second kappa shape index (κ2) is 9.50. The lowest BCUT2D eigenvalue weighted by Gasteiger charge is -2.21. The molecule has 0 spiro atoms. The van der Waals surface area contributed by atoms with E-state index in [4.69, 9.17) is 0 Å². The minimum atomic E-state index is -3.76. The molecule has 1 aliphatic rings. The number of rotatable bonds is 7. The number of aryl methyl sites for hydroxylation is 2. The van der Waals surface area contributed by atoms with Crippen LogP contribution in [0.4, 0.5) is 21.6 Å². The van der Waals surface area contributed by atoms with Gasteiger partial charge in [0, 0.05) is 31.4 Å². The highest BCUT2D eigenvalue weighted by Gasteiger charge is 2.31. The summed E-state index contributed by atoms with van der Waals surface area (Å²) in [6.45, 7) is 3.26. The summed E-state index contributed by atoms with van der Waals surface area (Å²) in [5.74, 6) is -0.512. The summed E-state index contributed by atoms with van der Waals surface area (Å²) < 4.78 is 46.7. The largest absolute Gasteiger partial charge is 0.338 e. The SMILES string of the molecule is CNS(=O)(=O)Nc1ccc(-n2c(=O)n(C3CC3)c(=O)c3c(Nc4ccc(C)cc4F)n(C)c(=O)c(C)c32)cc1. The topological polar surface area (TPSA) is 136 Å². The van der Waals surface area contributed by atoms with Crippen LogP contribution in [-0.4, -0.2) is 29.2 Å². The summed E-state index contributed by atoms with van der Waals surface area (Å²) in [5.41, 5.74) is -0.122. The lowest BCUT2D eigenvalue weighted by Crippen LogP contribution is -2.41. The molecular formula is C26H27FN6O5S. The Kier molecular flexibility index (Phi) is 6.43. The van der Waals surface area contributed by atoms with Crippen LogP contribution in [0, 0.1) is 19.7 Å². The number of hydrogen-bond donors (Lipinski definition) is 3. The summed E-state index contributed by atoms with van der Waals surface area (Å²) in [4.78, 5) is 40.9. The maximum Gasteiger partial charge on any atom is 0.336 e. The van der Waals surface area contributed by atoms with E-state index in [9.17, 15) is 27.2 Å². The summed E-state index contributed by atoms with van der Waals surface area (Å²) in [7, 11) is -1.02. The fourth-order valence-electron chi connectivity index (χ4n) is 4.59. The lowest BCUT2D eigenvalue weighted by molar-refractivity contribution is 0.593. The molecule has 2 aromatic heterocycles. The molecule has 39 heavy (non-hydrogen) atoms. The first-order valence-corrected chi connectivity index (χ1v) is 13.7. The lowest BCUT2D eigenvalue weighted by atomic mass is 10.1. The number of hydrogen-bond acceptors (Lipinski definition) is 6. The summed E-state index contributed by atoms with van der Waals surface area (Å²) in [6, 6.07) is 10.2. The van der Waals surface area contributed by atoms with E-state index in [-0.39, 0.29) is 39.7 Å². The third-order valence-corrected chi connectivity index (χ3v) is 7.82. The number of nitrogens with zero attached hydrogens (tertiary/aromatic N) is 3.